The Kier molecular flexibility index (Phi) is 10.1. The number of benzene rings is 2. The molecule has 188 valence electrons. The van der Waals surface area contributed by atoms with Crippen molar-refractivity contribution in [2.24, 2.45) is 5.41 Å². The predicted octanol–water partition coefficient (Wildman–Crippen LogP) is 6.27. The topological polar surface area (TPSA) is 54.5 Å². The van der Waals surface area contributed by atoms with Gasteiger partial charge in [0.2, 0.25) is 10.9 Å². The fraction of sp³-hybridized carbons (Fsp3) is 0.500. The molecule has 4 nitrogen and oxygen atoms in total. The number of amides is 1. The standard InChI is InChI=1S/C30H39NO3S/c1-4-30(2,3)27(32)28(33)31-22-12-11-17-26(31)29(34)35-25(20-18-23-13-7-5-8-14-23)21-19-24-15-9-6-10-16-24/h5-10,13-16,25-26H,4,11-12,17-22H2,1-3H3. The normalized spacial score (nSPS) is 16.3. The van der Waals surface area contributed by atoms with Gasteiger partial charge in [-0.15, -0.1) is 0 Å². The summed E-state index contributed by atoms with van der Waals surface area (Å²) >= 11 is 1.39. The average molecular weight is 494 g/mol. The summed E-state index contributed by atoms with van der Waals surface area (Å²) in [6, 6.07) is 20.2. The molecular formula is C30H39NO3S. The van der Waals surface area contributed by atoms with Crippen LogP contribution in [0.15, 0.2) is 60.7 Å². The maximum Gasteiger partial charge on any atom is 0.291 e. The van der Waals surface area contributed by atoms with Crippen LogP contribution in [0.4, 0.5) is 0 Å². The van der Waals surface area contributed by atoms with E-state index in [1.165, 1.54) is 22.9 Å². The number of aryl methyl sites for hydroxylation is 2. The second-order valence-electron chi connectivity index (χ2n) is 10.2. The van der Waals surface area contributed by atoms with Gasteiger partial charge < -0.3 is 4.90 Å². The summed E-state index contributed by atoms with van der Waals surface area (Å²) in [6.45, 7) is 6.03. The van der Waals surface area contributed by atoms with E-state index < -0.39 is 17.4 Å². The summed E-state index contributed by atoms with van der Waals surface area (Å²) in [5, 5.41) is 0.191. The minimum atomic E-state index is -0.705. The second kappa shape index (κ2) is 13.1. The Morgan fingerprint density at radius 2 is 1.46 bits per heavy atom. The van der Waals surface area contributed by atoms with Crippen molar-refractivity contribution in [3.05, 3.63) is 71.8 Å². The number of ketones is 1. The minimum absolute atomic E-state index is 0.0336. The first-order valence-corrected chi connectivity index (χ1v) is 13.8. The summed E-state index contributed by atoms with van der Waals surface area (Å²) in [4.78, 5) is 41.2. The van der Waals surface area contributed by atoms with Crippen LogP contribution in [-0.4, -0.2) is 39.5 Å². The molecule has 0 saturated carbocycles. The minimum Gasteiger partial charge on any atom is -0.325 e. The molecule has 1 unspecified atom stereocenters. The Morgan fingerprint density at radius 1 is 0.914 bits per heavy atom. The van der Waals surface area contributed by atoms with Crippen molar-refractivity contribution in [3.8, 4) is 0 Å². The predicted molar refractivity (Wildman–Crippen MR) is 144 cm³/mol. The highest BCUT2D eigenvalue weighted by atomic mass is 32.2. The van der Waals surface area contributed by atoms with Crippen LogP contribution in [0.2, 0.25) is 0 Å². The number of Topliss-reactive ketones (excluding diaryl/α,β-unsaturated/α-hetero) is 1. The van der Waals surface area contributed by atoms with E-state index in [0.29, 0.717) is 19.4 Å². The zero-order chi connectivity index (χ0) is 25.3. The van der Waals surface area contributed by atoms with Gasteiger partial charge in [0.05, 0.1) is 0 Å². The van der Waals surface area contributed by atoms with Gasteiger partial charge in [-0.3, -0.25) is 14.4 Å². The molecule has 0 radical (unpaired) electrons. The molecule has 0 aromatic heterocycles. The van der Waals surface area contributed by atoms with Crippen LogP contribution in [0, 0.1) is 5.41 Å². The molecule has 1 aliphatic heterocycles. The number of carbonyl (C=O) groups excluding carboxylic acids is 3. The van der Waals surface area contributed by atoms with Crippen LogP contribution in [-0.2, 0) is 27.2 Å². The first kappa shape index (κ1) is 27.2. The largest absolute Gasteiger partial charge is 0.325 e. The van der Waals surface area contributed by atoms with E-state index in [9.17, 15) is 14.4 Å². The van der Waals surface area contributed by atoms with Gasteiger partial charge in [-0.05, 0) is 62.5 Å². The van der Waals surface area contributed by atoms with Gasteiger partial charge in [0.15, 0.2) is 0 Å². The van der Waals surface area contributed by atoms with Crippen molar-refractivity contribution in [1.82, 2.24) is 4.90 Å². The molecule has 0 bridgehead atoms. The van der Waals surface area contributed by atoms with E-state index >= 15 is 0 Å². The Labute approximate surface area is 214 Å². The summed E-state index contributed by atoms with van der Waals surface area (Å²) < 4.78 is 0. The van der Waals surface area contributed by atoms with E-state index in [1.807, 2.05) is 57.2 Å². The molecule has 0 N–H and O–H groups in total. The number of likely N-dealkylation sites (tertiary alicyclic amines) is 1. The molecule has 1 heterocycles. The third-order valence-electron chi connectivity index (χ3n) is 7.21. The summed E-state index contributed by atoms with van der Waals surface area (Å²) in [6.07, 6.45) is 6.61. The van der Waals surface area contributed by atoms with Crippen molar-refractivity contribution in [3.63, 3.8) is 0 Å². The molecule has 0 spiro atoms. The first-order valence-electron chi connectivity index (χ1n) is 13.0. The van der Waals surface area contributed by atoms with Crippen LogP contribution in [0.3, 0.4) is 0 Å². The number of rotatable bonds is 11. The SMILES string of the molecule is CCC(C)(C)C(=O)C(=O)N1CCCCC1C(=O)SC(CCc1ccccc1)CCc1ccccc1. The fourth-order valence-corrected chi connectivity index (χ4v) is 5.65. The van der Waals surface area contributed by atoms with Crippen LogP contribution in [0.1, 0.15) is 70.4 Å². The second-order valence-corrected chi connectivity index (χ2v) is 11.5. The Balaban J connectivity index is 1.70. The molecule has 1 amide bonds. The lowest BCUT2D eigenvalue weighted by molar-refractivity contribution is -0.152. The lowest BCUT2D eigenvalue weighted by Gasteiger charge is -2.36. The van der Waals surface area contributed by atoms with E-state index in [0.717, 1.165) is 38.5 Å². The molecule has 1 aliphatic rings. The molecule has 0 aliphatic carbocycles. The number of carbonyl (C=O) groups is 3. The van der Waals surface area contributed by atoms with Gasteiger partial charge >= 0.3 is 0 Å². The van der Waals surface area contributed by atoms with Crippen LogP contribution < -0.4 is 0 Å². The Morgan fingerprint density at radius 3 is 1.97 bits per heavy atom. The van der Waals surface area contributed by atoms with Crippen molar-refractivity contribution in [2.75, 3.05) is 6.54 Å². The Hall–Kier alpha value is -2.40. The number of thioether (sulfide) groups is 1. The molecule has 1 saturated heterocycles. The zero-order valence-corrected chi connectivity index (χ0v) is 22.2. The van der Waals surface area contributed by atoms with Gasteiger partial charge in [0.25, 0.3) is 5.91 Å². The molecule has 2 aromatic carbocycles. The molecule has 3 rings (SSSR count). The maximum atomic E-state index is 13.5. The monoisotopic (exact) mass is 493 g/mol. The average Bonchev–Trinajstić information content (AvgIpc) is 2.90. The molecule has 2 aromatic rings. The molecule has 1 atom stereocenters. The van der Waals surface area contributed by atoms with Crippen LogP contribution in [0.25, 0.3) is 0 Å². The van der Waals surface area contributed by atoms with E-state index in [1.54, 1.807) is 4.90 Å². The molecule has 35 heavy (non-hydrogen) atoms. The summed E-state index contributed by atoms with van der Waals surface area (Å²) in [5.74, 6) is -0.866. The van der Waals surface area contributed by atoms with Gasteiger partial charge in [0, 0.05) is 17.2 Å². The van der Waals surface area contributed by atoms with Crippen molar-refractivity contribution in [1.29, 1.82) is 0 Å². The highest BCUT2D eigenvalue weighted by Crippen LogP contribution is 2.31. The highest BCUT2D eigenvalue weighted by Gasteiger charge is 2.40. The smallest absolute Gasteiger partial charge is 0.291 e. The van der Waals surface area contributed by atoms with Gasteiger partial charge in [-0.1, -0.05) is 93.2 Å². The Bertz CT molecular complexity index is 930. The maximum absolute atomic E-state index is 13.5. The van der Waals surface area contributed by atoms with Crippen molar-refractivity contribution >= 4 is 28.6 Å². The van der Waals surface area contributed by atoms with Gasteiger partial charge in [0.1, 0.15) is 6.04 Å². The third-order valence-corrected chi connectivity index (χ3v) is 8.52. The van der Waals surface area contributed by atoms with Gasteiger partial charge in [-0.2, -0.15) is 0 Å². The highest BCUT2D eigenvalue weighted by molar-refractivity contribution is 8.14. The first-order chi connectivity index (χ1) is 16.8. The van der Waals surface area contributed by atoms with E-state index in [-0.39, 0.29) is 16.1 Å². The summed E-state index contributed by atoms with van der Waals surface area (Å²) in [7, 11) is 0. The van der Waals surface area contributed by atoms with Crippen LogP contribution in [0.5, 0.6) is 0 Å². The van der Waals surface area contributed by atoms with Gasteiger partial charge in [-0.25, -0.2) is 0 Å². The number of nitrogens with zero attached hydrogens (tertiary/aromatic N) is 1. The van der Waals surface area contributed by atoms with Crippen LogP contribution >= 0.6 is 11.8 Å². The van der Waals surface area contributed by atoms with Crippen molar-refractivity contribution < 1.29 is 14.4 Å². The lowest BCUT2D eigenvalue weighted by Crippen LogP contribution is -2.52. The zero-order valence-electron chi connectivity index (χ0n) is 21.4. The summed E-state index contributed by atoms with van der Waals surface area (Å²) in [5.41, 5.74) is 1.84. The third kappa shape index (κ3) is 7.79. The fourth-order valence-electron chi connectivity index (χ4n) is 4.45. The molecule has 5 heteroatoms. The van der Waals surface area contributed by atoms with E-state index in [2.05, 4.69) is 24.3 Å². The number of piperidine rings is 1. The lowest BCUT2D eigenvalue weighted by atomic mass is 9.84. The molecular weight excluding hydrogens is 454 g/mol. The van der Waals surface area contributed by atoms with E-state index in [4.69, 9.17) is 0 Å². The van der Waals surface area contributed by atoms with Crippen molar-refractivity contribution in [2.45, 2.75) is 83.4 Å². The number of hydrogen-bond acceptors (Lipinski definition) is 4. The molecule has 1 fully saturated rings. The quantitative estimate of drug-likeness (QED) is 0.346. The number of hydrogen-bond donors (Lipinski definition) is 0.